The summed E-state index contributed by atoms with van der Waals surface area (Å²) in [6.45, 7) is 0.446. The zero-order valence-corrected chi connectivity index (χ0v) is 21.9. The predicted molar refractivity (Wildman–Crippen MR) is 140 cm³/mol. The Bertz CT molecular complexity index is 1500. The second-order valence-corrected chi connectivity index (χ2v) is 12.0. The summed E-state index contributed by atoms with van der Waals surface area (Å²) in [6, 6.07) is 15.2. The molecule has 2 fully saturated rings. The van der Waals surface area contributed by atoms with Crippen LogP contribution in [0.25, 0.3) is 0 Å². The molecule has 7 nitrogen and oxygen atoms in total. The van der Waals surface area contributed by atoms with Crippen molar-refractivity contribution in [2.24, 2.45) is 5.41 Å². The van der Waals surface area contributed by atoms with Crippen molar-refractivity contribution < 1.29 is 26.8 Å². The second-order valence-electron chi connectivity index (χ2n) is 9.60. The number of urea groups is 1. The minimum Gasteiger partial charge on any atom is -0.324 e. The fourth-order valence-electron chi connectivity index (χ4n) is 5.41. The summed E-state index contributed by atoms with van der Waals surface area (Å²) < 4.78 is 52.1. The summed E-state index contributed by atoms with van der Waals surface area (Å²) in [5.74, 6) is -1.84. The molecule has 0 bridgehead atoms. The number of hydrogen-bond donors (Lipinski definition) is 1. The molecule has 3 amide bonds. The van der Waals surface area contributed by atoms with Gasteiger partial charge in [-0.2, -0.15) is 0 Å². The van der Waals surface area contributed by atoms with Crippen LogP contribution in [0.4, 0.5) is 25.0 Å². The molecule has 1 N–H and O–H groups in total. The lowest BCUT2D eigenvalue weighted by molar-refractivity contribution is -0.144. The van der Waals surface area contributed by atoms with Crippen LogP contribution in [0.2, 0.25) is 5.02 Å². The summed E-state index contributed by atoms with van der Waals surface area (Å²) in [7, 11) is -3.62. The molecule has 0 aliphatic carbocycles. The number of anilines is 2. The number of benzene rings is 3. The average molecular weight is 560 g/mol. The number of nitrogens with zero attached hydrogens (tertiary/aromatic N) is 2. The predicted octanol–water partition coefficient (Wildman–Crippen LogP) is 5.42. The van der Waals surface area contributed by atoms with Gasteiger partial charge in [-0.05, 0) is 54.8 Å². The number of rotatable bonds is 4. The highest BCUT2D eigenvalue weighted by molar-refractivity contribution is 7.90. The number of para-hydroxylation sites is 1. The molecule has 2 aliphatic heterocycles. The zero-order chi connectivity index (χ0) is 27.2. The van der Waals surface area contributed by atoms with Crippen LogP contribution < -0.4 is 10.2 Å². The van der Waals surface area contributed by atoms with Crippen molar-refractivity contribution in [3.8, 4) is 0 Å². The maximum Gasteiger partial charge on any atom is 0.321 e. The largest absolute Gasteiger partial charge is 0.324 e. The van der Waals surface area contributed by atoms with E-state index in [4.69, 9.17) is 11.6 Å². The smallest absolute Gasteiger partial charge is 0.321 e. The van der Waals surface area contributed by atoms with Gasteiger partial charge >= 0.3 is 6.03 Å². The molecule has 0 radical (unpaired) electrons. The molecule has 198 valence electrons. The highest BCUT2D eigenvalue weighted by atomic mass is 35.5. The van der Waals surface area contributed by atoms with Gasteiger partial charge in [0.15, 0.2) is 9.84 Å². The molecular weight excluding hydrogens is 536 g/mol. The van der Waals surface area contributed by atoms with E-state index in [1.807, 2.05) is 12.1 Å². The number of halogens is 3. The topological polar surface area (TPSA) is 86.8 Å². The molecule has 0 saturated carbocycles. The van der Waals surface area contributed by atoms with Crippen molar-refractivity contribution in [2.75, 3.05) is 29.6 Å². The Hall–Kier alpha value is -3.50. The molecule has 2 saturated heterocycles. The highest BCUT2D eigenvalue weighted by Gasteiger charge is 2.62. The van der Waals surface area contributed by atoms with Crippen LogP contribution in [0.5, 0.6) is 0 Å². The van der Waals surface area contributed by atoms with Crippen molar-refractivity contribution >= 4 is 44.8 Å². The monoisotopic (exact) mass is 559 g/mol. The third kappa shape index (κ3) is 4.63. The summed E-state index contributed by atoms with van der Waals surface area (Å²) in [4.78, 5) is 29.7. The van der Waals surface area contributed by atoms with Crippen LogP contribution in [-0.4, -0.2) is 44.6 Å². The van der Waals surface area contributed by atoms with Crippen molar-refractivity contribution in [3.05, 3.63) is 89.0 Å². The summed E-state index contributed by atoms with van der Waals surface area (Å²) in [5.41, 5.74) is 0.236. The SMILES string of the molecule is CS(=O)(=O)c1ccccc1N1C(=O)C2(CCN(C(=O)Nc3cc(F)cc(F)c3)CC2)C1c1ccc(Cl)cc1. The number of nitrogens with one attached hydrogen (secondary N) is 1. The van der Waals surface area contributed by atoms with Crippen LogP contribution in [0, 0.1) is 17.0 Å². The van der Waals surface area contributed by atoms with Crippen molar-refractivity contribution in [1.29, 1.82) is 0 Å². The van der Waals surface area contributed by atoms with Gasteiger partial charge in [0.1, 0.15) is 11.6 Å². The first kappa shape index (κ1) is 26.1. The fraction of sp³-hybridized carbons (Fsp3) is 0.259. The van der Waals surface area contributed by atoms with E-state index in [9.17, 15) is 26.8 Å². The molecule has 1 spiro atoms. The first-order valence-corrected chi connectivity index (χ1v) is 14.2. The van der Waals surface area contributed by atoms with E-state index in [1.54, 1.807) is 30.3 Å². The fourth-order valence-corrected chi connectivity index (χ4v) is 6.41. The Balaban J connectivity index is 1.43. The third-order valence-electron chi connectivity index (χ3n) is 7.19. The molecular formula is C27H24ClF2N3O4S. The molecule has 38 heavy (non-hydrogen) atoms. The van der Waals surface area contributed by atoms with E-state index >= 15 is 0 Å². The Kier molecular flexibility index (Phi) is 6.65. The van der Waals surface area contributed by atoms with E-state index < -0.39 is 39.0 Å². The maximum atomic E-state index is 13.8. The number of amides is 3. The number of carbonyl (C=O) groups is 2. The average Bonchev–Trinajstić information content (AvgIpc) is 2.86. The molecule has 3 aromatic rings. The molecule has 11 heteroatoms. The van der Waals surface area contributed by atoms with Gasteiger partial charge in [0, 0.05) is 36.1 Å². The Morgan fingerprint density at radius 2 is 1.61 bits per heavy atom. The lowest BCUT2D eigenvalue weighted by atomic mass is 9.62. The van der Waals surface area contributed by atoms with Crippen LogP contribution >= 0.6 is 11.6 Å². The first-order valence-electron chi connectivity index (χ1n) is 11.9. The summed E-state index contributed by atoms with van der Waals surface area (Å²) >= 11 is 6.10. The Labute approximate surface area is 223 Å². The Morgan fingerprint density at radius 3 is 2.21 bits per heavy atom. The van der Waals surface area contributed by atoms with E-state index in [0.717, 1.165) is 24.0 Å². The normalized spacial score (nSPS) is 18.8. The van der Waals surface area contributed by atoms with Gasteiger partial charge in [-0.15, -0.1) is 0 Å². The quantitative estimate of drug-likeness (QED) is 0.432. The lowest BCUT2D eigenvalue weighted by Gasteiger charge is -2.59. The number of sulfone groups is 1. The second kappa shape index (κ2) is 9.67. The van der Waals surface area contributed by atoms with Gasteiger partial charge in [-0.1, -0.05) is 35.9 Å². The number of carbonyl (C=O) groups excluding carboxylic acids is 2. The van der Waals surface area contributed by atoms with Gasteiger partial charge in [0.25, 0.3) is 0 Å². The summed E-state index contributed by atoms with van der Waals surface area (Å²) in [5, 5.41) is 3.03. The van der Waals surface area contributed by atoms with E-state index in [-0.39, 0.29) is 29.6 Å². The first-order chi connectivity index (χ1) is 18.0. The molecule has 5 rings (SSSR count). The highest BCUT2D eigenvalue weighted by Crippen LogP contribution is 2.58. The lowest BCUT2D eigenvalue weighted by Crippen LogP contribution is -2.67. The van der Waals surface area contributed by atoms with Gasteiger partial charge < -0.3 is 15.1 Å². The number of hydrogen-bond acceptors (Lipinski definition) is 4. The zero-order valence-electron chi connectivity index (χ0n) is 20.3. The van der Waals surface area contributed by atoms with Crippen LogP contribution in [0.1, 0.15) is 24.4 Å². The van der Waals surface area contributed by atoms with Gasteiger partial charge in [0.2, 0.25) is 5.91 Å². The van der Waals surface area contributed by atoms with E-state index in [2.05, 4.69) is 5.32 Å². The summed E-state index contributed by atoms with van der Waals surface area (Å²) in [6.07, 6.45) is 1.74. The minimum atomic E-state index is -3.62. The van der Waals surface area contributed by atoms with E-state index in [0.29, 0.717) is 29.6 Å². The number of likely N-dealkylation sites (tertiary alicyclic amines) is 1. The van der Waals surface area contributed by atoms with Crippen molar-refractivity contribution in [1.82, 2.24) is 4.90 Å². The Morgan fingerprint density at radius 1 is 1.00 bits per heavy atom. The van der Waals surface area contributed by atoms with Gasteiger partial charge in [0.05, 0.1) is 22.0 Å². The maximum absolute atomic E-state index is 13.8. The van der Waals surface area contributed by atoms with E-state index in [1.165, 1.54) is 15.9 Å². The van der Waals surface area contributed by atoms with Gasteiger partial charge in [-0.3, -0.25) is 4.79 Å². The van der Waals surface area contributed by atoms with Gasteiger partial charge in [-0.25, -0.2) is 22.0 Å². The molecule has 1 unspecified atom stereocenters. The molecule has 1 atom stereocenters. The molecule has 2 aliphatic rings. The molecule has 3 aromatic carbocycles. The van der Waals surface area contributed by atoms with Crippen molar-refractivity contribution in [2.45, 2.75) is 23.8 Å². The molecule has 2 heterocycles. The molecule has 0 aromatic heterocycles. The van der Waals surface area contributed by atoms with Crippen molar-refractivity contribution in [3.63, 3.8) is 0 Å². The minimum absolute atomic E-state index is 0.00453. The number of β-lactam (4-membered cyclic amide) rings is 1. The van der Waals surface area contributed by atoms with Crippen LogP contribution in [-0.2, 0) is 14.6 Å². The van der Waals surface area contributed by atoms with Crippen LogP contribution in [0.15, 0.2) is 71.6 Å². The number of piperidine rings is 1. The standard InChI is InChI=1S/C27H24ClF2N3O4S/c1-38(36,37)23-5-3-2-4-22(23)33-24(17-6-8-18(28)9-7-17)27(25(33)34)10-12-32(13-11-27)26(35)31-21-15-19(29)14-20(30)16-21/h2-9,14-16,24H,10-13H2,1H3,(H,31,35). The third-order valence-corrected chi connectivity index (χ3v) is 8.59. The van der Waals surface area contributed by atoms with Crippen LogP contribution in [0.3, 0.4) is 0 Å².